The molecule has 0 aliphatic heterocycles. The average Bonchev–Trinajstić information content (AvgIpc) is 2.96. The van der Waals surface area contributed by atoms with E-state index in [0.717, 1.165) is 11.1 Å². The van der Waals surface area contributed by atoms with Gasteiger partial charge in [-0.25, -0.2) is 0 Å². The van der Waals surface area contributed by atoms with Crippen molar-refractivity contribution in [3.05, 3.63) is 63.4 Å². The Hall–Kier alpha value is -2.63. The van der Waals surface area contributed by atoms with Gasteiger partial charge >= 0.3 is 5.88 Å². The molecule has 1 N–H and O–H groups in total. The molecule has 0 fully saturated rings. The molecule has 0 aliphatic rings. The molecule has 0 saturated carbocycles. The summed E-state index contributed by atoms with van der Waals surface area (Å²) >= 11 is 0. The number of amides is 1. The lowest BCUT2D eigenvalue weighted by Crippen LogP contribution is -2.27. The number of furan rings is 1. The van der Waals surface area contributed by atoms with Crippen LogP contribution in [0.4, 0.5) is 5.88 Å². The number of rotatable bonds is 5. The molecule has 6 nitrogen and oxygen atoms in total. The first kappa shape index (κ1) is 14.8. The fraction of sp³-hybridized carbons (Fsp3) is 0.267. The molecule has 1 aromatic heterocycles. The minimum Gasteiger partial charge on any atom is -0.395 e. The van der Waals surface area contributed by atoms with Crippen molar-refractivity contribution in [3.63, 3.8) is 0 Å². The SMILES string of the molecule is CCC(NC(=O)c1ccc([N+](=O)[O-])o1)c1ccc(C)cc1. The predicted octanol–water partition coefficient (Wildman–Crippen LogP) is 3.38. The van der Waals surface area contributed by atoms with Crippen LogP contribution in [-0.4, -0.2) is 10.8 Å². The van der Waals surface area contributed by atoms with Crippen molar-refractivity contribution in [1.82, 2.24) is 5.32 Å². The Morgan fingerprint density at radius 3 is 2.48 bits per heavy atom. The molecule has 1 atom stereocenters. The van der Waals surface area contributed by atoms with Gasteiger partial charge in [0.15, 0.2) is 5.76 Å². The second-order valence-corrected chi connectivity index (χ2v) is 4.74. The maximum Gasteiger partial charge on any atom is 0.433 e. The van der Waals surface area contributed by atoms with Gasteiger partial charge in [-0.05, 0) is 25.0 Å². The van der Waals surface area contributed by atoms with Gasteiger partial charge in [0, 0.05) is 0 Å². The van der Waals surface area contributed by atoms with Crippen LogP contribution in [0.3, 0.4) is 0 Å². The van der Waals surface area contributed by atoms with Gasteiger partial charge in [0.25, 0.3) is 5.91 Å². The molecule has 1 aromatic carbocycles. The predicted molar refractivity (Wildman–Crippen MR) is 77.0 cm³/mol. The smallest absolute Gasteiger partial charge is 0.395 e. The van der Waals surface area contributed by atoms with Crippen LogP contribution in [0.1, 0.15) is 41.1 Å². The van der Waals surface area contributed by atoms with Crippen molar-refractivity contribution < 1.29 is 14.1 Å². The largest absolute Gasteiger partial charge is 0.433 e. The summed E-state index contributed by atoms with van der Waals surface area (Å²) in [6.07, 6.45) is 0.706. The van der Waals surface area contributed by atoms with E-state index in [1.54, 1.807) is 0 Å². The van der Waals surface area contributed by atoms with Crippen LogP contribution in [-0.2, 0) is 0 Å². The van der Waals surface area contributed by atoms with Gasteiger partial charge in [-0.3, -0.25) is 14.9 Å². The fourth-order valence-corrected chi connectivity index (χ4v) is 2.00. The zero-order valence-electron chi connectivity index (χ0n) is 11.8. The number of nitrogens with zero attached hydrogens (tertiary/aromatic N) is 1. The van der Waals surface area contributed by atoms with E-state index in [2.05, 4.69) is 5.32 Å². The van der Waals surface area contributed by atoms with Gasteiger partial charge in [-0.15, -0.1) is 0 Å². The molecule has 6 heteroatoms. The highest BCUT2D eigenvalue weighted by molar-refractivity contribution is 5.92. The van der Waals surface area contributed by atoms with E-state index < -0.39 is 16.7 Å². The monoisotopic (exact) mass is 288 g/mol. The highest BCUT2D eigenvalue weighted by atomic mass is 16.6. The topological polar surface area (TPSA) is 85.4 Å². The number of aryl methyl sites for hydroxylation is 1. The Kier molecular flexibility index (Phi) is 4.37. The third-order valence-corrected chi connectivity index (χ3v) is 3.19. The van der Waals surface area contributed by atoms with Crippen LogP contribution in [0.5, 0.6) is 0 Å². The number of carbonyl (C=O) groups is 1. The van der Waals surface area contributed by atoms with Crippen molar-refractivity contribution in [2.24, 2.45) is 0 Å². The third-order valence-electron chi connectivity index (χ3n) is 3.19. The number of nitro groups is 1. The molecule has 0 spiro atoms. The Labute approximate surface area is 121 Å². The van der Waals surface area contributed by atoms with Crippen molar-refractivity contribution in [2.75, 3.05) is 0 Å². The molecule has 110 valence electrons. The van der Waals surface area contributed by atoms with Crippen molar-refractivity contribution >= 4 is 11.8 Å². The molecule has 2 aromatic rings. The second kappa shape index (κ2) is 6.21. The summed E-state index contributed by atoms with van der Waals surface area (Å²) in [6.45, 7) is 3.95. The lowest BCUT2D eigenvalue weighted by Gasteiger charge is -2.16. The molecular weight excluding hydrogens is 272 g/mol. The van der Waals surface area contributed by atoms with Gasteiger partial charge in [-0.2, -0.15) is 0 Å². The van der Waals surface area contributed by atoms with Crippen molar-refractivity contribution in [2.45, 2.75) is 26.3 Å². The van der Waals surface area contributed by atoms with Gasteiger partial charge in [0.2, 0.25) is 0 Å². The quantitative estimate of drug-likeness (QED) is 0.675. The van der Waals surface area contributed by atoms with Gasteiger partial charge < -0.3 is 9.73 Å². The zero-order chi connectivity index (χ0) is 15.4. The second-order valence-electron chi connectivity index (χ2n) is 4.74. The van der Waals surface area contributed by atoms with Crippen LogP contribution in [0.2, 0.25) is 0 Å². The first-order valence-electron chi connectivity index (χ1n) is 6.63. The number of benzene rings is 1. The van der Waals surface area contributed by atoms with E-state index >= 15 is 0 Å². The normalized spacial score (nSPS) is 11.9. The molecule has 2 rings (SSSR count). The summed E-state index contributed by atoms with van der Waals surface area (Å²) in [4.78, 5) is 21.9. The van der Waals surface area contributed by atoms with Gasteiger partial charge in [0.05, 0.1) is 12.1 Å². The standard InChI is InChI=1S/C15H16N2O4/c1-3-12(11-6-4-10(2)5-7-11)16-15(18)13-8-9-14(21-13)17(19)20/h4-9,12H,3H2,1-2H3,(H,16,18). The van der Waals surface area contributed by atoms with Crippen LogP contribution in [0.15, 0.2) is 40.8 Å². The highest BCUT2D eigenvalue weighted by Gasteiger charge is 2.20. The summed E-state index contributed by atoms with van der Waals surface area (Å²) in [7, 11) is 0. The van der Waals surface area contributed by atoms with Crippen LogP contribution in [0.25, 0.3) is 0 Å². The molecule has 0 aliphatic carbocycles. The van der Waals surface area contributed by atoms with E-state index in [-0.39, 0.29) is 11.8 Å². The number of hydrogen-bond acceptors (Lipinski definition) is 4. The van der Waals surface area contributed by atoms with E-state index in [9.17, 15) is 14.9 Å². The lowest BCUT2D eigenvalue weighted by molar-refractivity contribution is -0.402. The highest BCUT2D eigenvalue weighted by Crippen LogP contribution is 2.20. The molecule has 1 amide bonds. The van der Waals surface area contributed by atoms with E-state index in [0.29, 0.717) is 6.42 Å². The molecule has 1 heterocycles. The summed E-state index contributed by atoms with van der Waals surface area (Å²) in [6, 6.07) is 10.2. The lowest BCUT2D eigenvalue weighted by atomic mass is 10.0. The van der Waals surface area contributed by atoms with Crippen molar-refractivity contribution in [1.29, 1.82) is 0 Å². The van der Waals surface area contributed by atoms with Gasteiger partial charge in [0.1, 0.15) is 4.92 Å². The number of hydrogen-bond donors (Lipinski definition) is 1. The van der Waals surface area contributed by atoms with E-state index in [1.165, 1.54) is 12.1 Å². The van der Waals surface area contributed by atoms with Gasteiger partial charge in [-0.1, -0.05) is 36.8 Å². The Morgan fingerprint density at radius 1 is 1.29 bits per heavy atom. The molecular formula is C15H16N2O4. The Balaban J connectivity index is 2.12. The first-order valence-corrected chi connectivity index (χ1v) is 6.63. The first-order chi connectivity index (χ1) is 10.0. The summed E-state index contributed by atoms with van der Waals surface area (Å²) < 4.78 is 4.90. The Bertz CT molecular complexity index is 646. The third kappa shape index (κ3) is 3.47. The fourth-order valence-electron chi connectivity index (χ4n) is 2.00. The molecule has 21 heavy (non-hydrogen) atoms. The average molecular weight is 288 g/mol. The van der Waals surface area contributed by atoms with E-state index in [4.69, 9.17) is 4.42 Å². The van der Waals surface area contributed by atoms with Crippen LogP contribution < -0.4 is 5.32 Å². The Morgan fingerprint density at radius 2 is 1.95 bits per heavy atom. The number of nitrogens with one attached hydrogen (secondary N) is 1. The molecule has 0 radical (unpaired) electrons. The zero-order valence-corrected chi connectivity index (χ0v) is 11.8. The maximum absolute atomic E-state index is 12.1. The summed E-state index contributed by atoms with van der Waals surface area (Å²) in [5.74, 6) is -0.966. The summed E-state index contributed by atoms with van der Waals surface area (Å²) in [5, 5.41) is 13.4. The summed E-state index contributed by atoms with van der Waals surface area (Å²) in [5.41, 5.74) is 2.12. The number of carbonyl (C=O) groups excluding carboxylic acids is 1. The van der Waals surface area contributed by atoms with Crippen LogP contribution in [0, 0.1) is 17.0 Å². The molecule has 1 unspecified atom stereocenters. The minimum absolute atomic E-state index is 0.0627. The van der Waals surface area contributed by atoms with Crippen molar-refractivity contribution in [3.8, 4) is 0 Å². The maximum atomic E-state index is 12.1. The minimum atomic E-state index is -0.673. The molecule has 0 bridgehead atoms. The molecule has 0 saturated heterocycles. The van der Waals surface area contributed by atoms with Crippen LogP contribution >= 0.6 is 0 Å². The van der Waals surface area contributed by atoms with E-state index in [1.807, 2.05) is 38.1 Å².